The third kappa shape index (κ3) is 3.74. The van der Waals surface area contributed by atoms with Gasteiger partial charge in [0.2, 0.25) is 0 Å². The van der Waals surface area contributed by atoms with E-state index in [0.717, 1.165) is 0 Å². The lowest BCUT2D eigenvalue weighted by Crippen LogP contribution is -2.19. The van der Waals surface area contributed by atoms with Crippen molar-refractivity contribution < 1.29 is 39.9 Å². The van der Waals surface area contributed by atoms with Crippen molar-refractivity contribution in [2.45, 2.75) is 19.0 Å². The summed E-state index contributed by atoms with van der Waals surface area (Å²) < 4.78 is 100.0. The SMILES string of the molecule is FC(F)c1ccc(C(F)(F)F)cc1OC(F)(F)F. The second kappa shape index (κ2) is 4.62. The average molecular weight is 280 g/mol. The fourth-order valence-electron chi connectivity index (χ4n) is 1.10. The standard InChI is InChI=1S/C9H4F8O/c10-7(11)5-2-1-4(8(12,13)14)3-6(5)18-9(15,16)17/h1-3,7H. The van der Waals surface area contributed by atoms with Crippen LogP contribution in [-0.4, -0.2) is 6.36 Å². The van der Waals surface area contributed by atoms with Crippen LogP contribution in [0.5, 0.6) is 5.75 Å². The Hall–Kier alpha value is -1.54. The van der Waals surface area contributed by atoms with Crippen LogP contribution < -0.4 is 4.74 Å². The highest BCUT2D eigenvalue weighted by molar-refractivity contribution is 5.39. The van der Waals surface area contributed by atoms with Crippen molar-refractivity contribution in [2.24, 2.45) is 0 Å². The van der Waals surface area contributed by atoms with Crippen LogP contribution >= 0.6 is 0 Å². The van der Waals surface area contributed by atoms with Crippen LogP contribution in [0.3, 0.4) is 0 Å². The van der Waals surface area contributed by atoms with E-state index in [-0.39, 0.29) is 18.2 Å². The van der Waals surface area contributed by atoms with E-state index in [4.69, 9.17) is 0 Å². The van der Waals surface area contributed by atoms with Crippen molar-refractivity contribution in [2.75, 3.05) is 0 Å². The second-order valence-electron chi connectivity index (χ2n) is 3.10. The Balaban J connectivity index is 3.25. The predicted octanol–water partition coefficient (Wildman–Crippen LogP) is 4.54. The molecule has 102 valence electrons. The molecule has 1 nitrogen and oxygen atoms in total. The van der Waals surface area contributed by atoms with Crippen LogP contribution in [-0.2, 0) is 6.18 Å². The molecule has 0 aliphatic heterocycles. The molecule has 0 N–H and O–H groups in total. The molecule has 18 heavy (non-hydrogen) atoms. The lowest BCUT2D eigenvalue weighted by molar-refractivity contribution is -0.275. The first-order valence-corrected chi connectivity index (χ1v) is 4.26. The number of halogens is 8. The highest BCUT2D eigenvalue weighted by atomic mass is 19.4. The van der Waals surface area contributed by atoms with Gasteiger partial charge < -0.3 is 4.74 Å². The lowest BCUT2D eigenvalue weighted by atomic mass is 10.1. The van der Waals surface area contributed by atoms with Gasteiger partial charge in [-0.25, -0.2) is 8.78 Å². The van der Waals surface area contributed by atoms with Crippen molar-refractivity contribution in [1.82, 2.24) is 0 Å². The predicted molar refractivity (Wildman–Crippen MR) is 43.1 cm³/mol. The molecule has 1 aromatic rings. The zero-order valence-electron chi connectivity index (χ0n) is 8.24. The molecule has 0 aromatic heterocycles. The van der Waals surface area contributed by atoms with Crippen molar-refractivity contribution in [3.05, 3.63) is 29.3 Å². The minimum absolute atomic E-state index is 0.116. The molecule has 0 atom stereocenters. The lowest BCUT2D eigenvalue weighted by Gasteiger charge is -2.15. The Bertz CT molecular complexity index is 420. The number of benzene rings is 1. The third-order valence-electron chi connectivity index (χ3n) is 1.80. The molecule has 0 saturated carbocycles. The number of hydrogen-bond acceptors (Lipinski definition) is 1. The van der Waals surface area contributed by atoms with E-state index in [0.29, 0.717) is 0 Å². The minimum Gasteiger partial charge on any atom is -0.405 e. The van der Waals surface area contributed by atoms with Crippen molar-refractivity contribution in [1.29, 1.82) is 0 Å². The Labute approximate surface area is 95.0 Å². The maximum absolute atomic E-state index is 12.3. The van der Waals surface area contributed by atoms with E-state index in [1.165, 1.54) is 0 Å². The maximum Gasteiger partial charge on any atom is 0.573 e. The summed E-state index contributed by atoms with van der Waals surface area (Å²) in [5, 5.41) is 0. The van der Waals surface area contributed by atoms with E-state index < -0.39 is 35.8 Å². The van der Waals surface area contributed by atoms with Gasteiger partial charge in [-0.2, -0.15) is 13.2 Å². The number of ether oxygens (including phenoxy) is 1. The first kappa shape index (κ1) is 14.5. The quantitative estimate of drug-likeness (QED) is 0.722. The van der Waals surface area contributed by atoms with Gasteiger partial charge in [-0.15, -0.1) is 13.2 Å². The van der Waals surface area contributed by atoms with Gasteiger partial charge in [0, 0.05) is 0 Å². The van der Waals surface area contributed by atoms with E-state index in [2.05, 4.69) is 4.74 Å². The van der Waals surface area contributed by atoms with Gasteiger partial charge in [0.25, 0.3) is 6.43 Å². The van der Waals surface area contributed by atoms with Gasteiger partial charge in [-0.05, 0) is 18.2 Å². The molecule has 0 spiro atoms. The summed E-state index contributed by atoms with van der Waals surface area (Å²) in [6.07, 6.45) is -13.7. The van der Waals surface area contributed by atoms with E-state index in [9.17, 15) is 35.1 Å². The monoisotopic (exact) mass is 280 g/mol. The Kier molecular flexibility index (Phi) is 3.72. The Morgan fingerprint density at radius 2 is 1.50 bits per heavy atom. The molecule has 0 unspecified atom stereocenters. The van der Waals surface area contributed by atoms with Gasteiger partial charge >= 0.3 is 12.5 Å². The van der Waals surface area contributed by atoms with Crippen molar-refractivity contribution in [3.63, 3.8) is 0 Å². The summed E-state index contributed by atoms with van der Waals surface area (Å²) in [5.74, 6) is -1.56. The third-order valence-corrected chi connectivity index (χ3v) is 1.80. The second-order valence-corrected chi connectivity index (χ2v) is 3.10. The molecule has 0 aliphatic rings. The smallest absolute Gasteiger partial charge is 0.405 e. The highest BCUT2D eigenvalue weighted by Gasteiger charge is 2.36. The van der Waals surface area contributed by atoms with E-state index in [1.54, 1.807) is 0 Å². The maximum atomic E-state index is 12.3. The molecule has 0 heterocycles. The van der Waals surface area contributed by atoms with Crippen LogP contribution in [0.4, 0.5) is 35.1 Å². The number of rotatable bonds is 2. The zero-order valence-corrected chi connectivity index (χ0v) is 8.24. The molecular weight excluding hydrogens is 276 g/mol. The average Bonchev–Trinajstić information content (AvgIpc) is 2.12. The van der Waals surface area contributed by atoms with E-state index >= 15 is 0 Å². The summed E-state index contributed by atoms with van der Waals surface area (Å²) in [6, 6.07) is 0.383. The summed E-state index contributed by atoms with van der Waals surface area (Å²) in [4.78, 5) is 0. The van der Waals surface area contributed by atoms with Crippen LogP contribution in [0.25, 0.3) is 0 Å². The molecule has 0 bridgehead atoms. The summed E-state index contributed by atoms with van der Waals surface area (Å²) in [5.41, 5.74) is -2.77. The highest BCUT2D eigenvalue weighted by Crippen LogP contribution is 2.38. The Morgan fingerprint density at radius 1 is 0.944 bits per heavy atom. The zero-order chi connectivity index (χ0) is 14.1. The molecule has 0 aliphatic carbocycles. The van der Waals surface area contributed by atoms with Gasteiger partial charge in [-0.1, -0.05) is 0 Å². The molecule has 9 heteroatoms. The normalized spacial score (nSPS) is 12.9. The van der Waals surface area contributed by atoms with Crippen LogP contribution in [0.2, 0.25) is 0 Å². The van der Waals surface area contributed by atoms with Crippen LogP contribution in [0.15, 0.2) is 18.2 Å². The van der Waals surface area contributed by atoms with Crippen molar-refractivity contribution in [3.8, 4) is 5.75 Å². The molecule has 0 saturated heterocycles. The molecule has 0 radical (unpaired) electrons. The molecule has 1 rings (SSSR count). The van der Waals surface area contributed by atoms with Gasteiger partial charge in [0.15, 0.2) is 0 Å². The molecule has 0 fully saturated rings. The largest absolute Gasteiger partial charge is 0.573 e. The number of alkyl halides is 8. The van der Waals surface area contributed by atoms with Crippen LogP contribution in [0, 0.1) is 0 Å². The Morgan fingerprint density at radius 3 is 1.89 bits per heavy atom. The summed E-state index contributed by atoms with van der Waals surface area (Å²) >= 11 is 0. The fourth-order valence-corrected chi connectivity index (χ4v) is 1.10. The molecule has 0 amide bonds. The summed E-state index contributed by atoms with van der Waals surface area (Å²) in [7, 11) is 0. The first-order valence-electron chi connectivity index (χ1n) is 4.26. The van der Waals surface area contributed by atoms with Crippen LogP contribution in [0.1, 0.15) is 17.6 Å². The van der Waals surface area contributed by atoms with Gasteiger partial charge in [-0.3, -0.25) is 0 Å². The van der Waals surface area contributed by atoms with Crippen molar-refractivity contribution >= 4 is 0 Å². The topological polar surface area (TPSA) is 9.23 Å². The minimum atomic E-state index is -5.35. The first-order chi connectivity index (χ1) is 8.00. The van der Waals surface area contributed by atoms with Gasteiger partial charge in [0.05, 0.1) is 11.1 Å². The summed E-state index contributed by atoms with van der Waals surface area (Å²) in [6.45, 7) is 0. The van der Waals surface area contributed by atoms with E-state index in [1.807, 2.05) is 0 Å². The fraction of sp³-hybridized carbons (Fsp3) is 0.333. The molecule has 1 aromatic carbocycles. The molecular formula is C9H4F8O. The number of hydrogen-bond donors (Lipinski definition) is 0. The van der Waals surface area contributed by atoms with Gasteiger partial charge in [0.1, 0.15) is 5.75 Å².